The number of nitrogens with zero attached hydrogens (tertiary/aromatic N) is 4. The third-order valence-corrected chi connectivity index (χ3v) is 2.77. The van der Waals surface area contributed by atoms with Crippen molar-refractivity contribution in [3.05, 3.63) is 40.7 Å². The van der Waals surface area contributed by atoms with Gasteiger partial charge in [0.1, 0.15) is 0 Å². The smallest absolute Gasteiger partial charge is 0.183 e. The van der Waals surface area contributed by atoms with E-state index in [1.165, 1.54) is 4.80 Å². The number of rotatable bonds is 4. The molecular formula is C11H14ClN5. The molecule has 2 aromatic rings. The number of aryl methyl sites for hydroxylation is 1. The topological polar surface area (TPSA) is 55.6 Å². The number of likely N-dealkylation sites (N-methyl/N-ethyl adjacent to an activating group) is 1. The van der Waals surface area contributed by atoms with Gasteiger partial charge < -0.3 is 5.32 Å². The molecule has 0 spiro atoms. The monoisotopic (exact) mass is 251 g/mol. The maximum absolute atomic E-state index is 5.88. The Labute approximate surface area is 105 Å². The van der Waals surface area contributed by atoms with Crippen molar-refractivity contribution in [1.82, 2.24) is 25.5 Å². The molecule has 90 valence electrons. The highest BCUT2D eigenvalue weighted by Gasteiger charge is 2.18. The number of nitrogens with one attached hydrogen (secondary N) is 1. The summed E-state index contributed by atoms with van der Waals surface area (Å²) in [5, 5.41) is 16.0. The summed E-state index contributed by atoms with van der Waals surface area (Å²) in [5.74, 6) is 0.801. The van der Waals surface area contributed by atoms with Gasteiger partial charge in [-0.3, -0.25) is 0 Å². The van der Waals surface area contributed by atoms with Crippen LogP contribution in [-0.2, 0) is 7.05 Å². The summed E-state index contributed by atoms with van der Waals surface area (Å²) >= 11 is 5.88. The highest BCUT2D eigenvalue weighted by molar-refractivity contribution is 6.30. The highest BCUT2D eigenvalue weighted by atomic mass is 35.5. The molecule has 0 aliphatic carbocycles. The van der Waals surface area contributed by atoms with Gasteiger partial charge in [0, 0.05) is 11.6 Å². The van der Waals surface area contributed by atoms with E-state index < -0.39 is 0 Å². The summed E-state index contributed by atoms with van der Waals surface area (Å²) in [6.07, 6.45) is 0. The molecular weight excluding hydrogens is 238 g/mol. The van der Waals surface area contributed by atoms with Crippen LogP contribution in [0.5, 0.6) is 0 Å². The maximum Gasteiger partial charge on any atom is 0.183 e. The minimum absolute atomic E-state index is 0.0889. The van der Waals surface area contributed by atoms with E-state index in [9.17, 15) is 0 Å². The lowest BCUT2D eigenvalue weighted by Crippen LogP contribution is -2.19. The SMILES string of the molecule is CNCC(c1ccc(Cl)cc1)c1nnn(C)n1. The van der Waals surface area contributed by atoms with E-state index in [1.807, 2.05) is 31.3 Å². The zero-order valence-electron chi connectivity index (χ0n) is 9.76. The van der Waals surface area contributed by atoms with Crippen LogP contribution in [0.1, 0.15) is 17.3 Å². The molecule has 0 radical (unpaired) electrons. The first-order valence-electron chi connectivity index (χ1n) is 5.34. The third kappa shape index (κ3) is 2.81. The molecule has 0 aliphatic rings. The molecule has 0 bridgehead atoms. The highest BCUT2D eigenvalue weighted by Crippen LogP contribution is 2.22. The summed E-state index contributed by atoms with van der Waals surface area (Å²) in [5.41, 5.74) is 1.12. The summed E-state index contributed by atoms with van der Waals surface area (Å²) in [6.45, 7) is 0.757. The second-order valence-corrected chi connectivity index (χ2v) is 4.24. The minimum atomic E-state index is 0.0889. The average molecular weight is 252 g/mol. The molecule has 1 atom stereocenters. The maximum atomic E-state index is 5.88. The molecule has 17 heavy (non-hydrogen) atoms. The Morgan fingerprint density at radius 3 is 2.59 bits per heavy atom. The fourth-order valence-corrected chi connectivity index (χ4v) is 1.82. The van der Waals surface area contributed by atoms with E-state index >= 15 is 0 Å². The number of hydrogen-bond acceptors (Lipinski definition) is 4. The van der Waals surface area contributed by atoms with Crippen LogP contribution in [0.25, 0.3) is 0 Å². The molecule has 0 amide bonds. The molecule has 1 aromatic carbocycles. The zero-order chi connectivity index (χ0) is 12.3. The molecule has 5 nitrogen and oxygen atoms in total. The van der Waals surface area contributed by atoms with Crippen LogP contribution in [0.3, 0.4) is 0 Å². The van der Waals surface area contributed by atoms with Crippen LogP contribution in [0, 0.1) is 0 Å². The first-order valence-corrected chi connectivity index (χ1v) is 5.72. The number of benzene rings is 1. The van der Waals surface area contributed by atoms with Crippen molar-refractivity contribution >= 4 is 11.6 Å². The first kappa shape index (κ1) is 12.0. The van der Waals surface area contributed by atoms with Crippen molar-refractivity contribution < 1.29 is 0 Å². The molecule has 1 heterocycles. The van der Waals surface area contributed by atoms with Gasteiger partial charge in [-0.15, -0.1) is 10.2 Å². The van der Waals surface area contributed by atoms with Crippen LogP contribution in [0.2, 0.25) is 5.02 Å². The summed E-state index contributed by atoms with van der Waals surface area (Å²) in [4.78, 5) is 1.47. The largest absolute Gasteiger partial charge is 0.319 e. The van der Waals surface area contributed by atoms with Gasteiger partial charge in [-0.25, -0.2) is 0 Å². The van der Waals surface area contributed by atoms with E-state index in [-0.39, 0.29) is 5.92 Å². The Morgan fingerprint density at radius 1 is 1.35 bits per heavy atom. The molecule has 1 aromatic heterocycles. The summed E-state index contributed by atoms with van der Waals surface area (Å²) in [7, 11) is 3.66. The van der Waals surface area contributed by atoms with E-state index in [0.29, 0.717) is 5.82 Å². The number of hydrogen-bond donors (Lipinski definition) is 1. The van der Waals surface area contributed by atoms with E-state index in [4.69, 9.17) is 11.6 Å². The Bertz CT molecular complexity index is 479. The molecule has 6 heteroatoms. The van der Waals surface area contributed by atoms with Crippen molar-refractivity contribution in [3.8, 4) is 0 Å². The lowest BCUT2D eigenvalue weighted by atomic mass is 9.98. The van der Waals surface area contributed by atoms with Gasteiger partial charge in [-0.05, 0) is 30.0 Å². The van der Waals surface area contributed by atoms with E-state index in [2.05, 4.69) is 20.7 Å². The van der Waals surface area contributed by atoms with Crippen LogP contribution >= 0.6 is 11.6 Å². The van der Waals surface area contributed by atoms with Gasteiger partial charge in [0.25, 0.3) is 0 Å². The molecule has 1 unspecified atom stereocenters. The Kier molecular flexibility index (Phi) is 3.71. The van der Waals surface area contributed by atoms with Crippen molar-refractivity contribution in [2.75, 3.05) is 13.6 Å². The second-order valence-electron chi connectivity index (χ2n) is 3.80. The van der Waals surface area contributed by atoms with Crippen LogP contribution in [0.15, 0.2) is 24.3 Å². The molecule has 0 aliphatic heterocycles. The van der Waals surface area contributed by atoms with Crippen molar-refractivity contribution in [2.45, 2.75) is 5.92 Å². The van der Waals surface area contributed by atoms with Crippen LogP contribution in [0.4, 0.5) is 0 Å². The van der Waals surface area contributed by atoms with Gasteiger partial charge in [0.15, 0.2) is 5.82 Å². The number of halogens is 1. The van der Waals surface area contributed by atoms with Gasteiger partial charge in [0.2, 0.25) is 0 Å². The fraction of sp³-hybridized carbons (Fsp3) is 0.364. The Morgan fingerprint density at radius 2 is 2.06 bits per heavy atom. The number of aromatic nitrogens is 4. The summed E-state index contributed by atoms with van der Waals surface area (Å²) < 4.78 is 0. The van der Waals surface area contributed by atoms with Gasteiger partial charge >= 0.3 is 0 Å². The Hall–Kier alpha value is -1.46. The van der Waals surface area contributed by atoms with E-state index in [0.717, 1.165) is 17.1 Å². The molecule has 0 saturated carbocycles. The standard InChI is InChI=1S/C11H14ClN5/c1-13-7-10(11-14-16-17(2)15-11)8-3-5-9(12)6-4-8/h3-6,10,13H,7H2,1-2H3. The van der Waals surface area contributed by atoms with Gasteiger partial charge in [-0.1, -0.05) is 23.7 Å². The average Bonchev–Trinajstić information content (AvgIpc) is 2.74. The fourth-order valence-electron chi connectivity index (χ4n) is 1.70. The van der Waals surface area contributed by atoms with Crippen LogP contribution < -0.4 is 5.32 Å². The van der Waals surface area contributed by atoms with E-state index in [1.54, 1.807) is 7.05 Å². The molecule has 1 N–H and O–H groups in total. The molecule has 0 fully saturated rings. The second kappa shape index (κ2) is 5.25. The predicted octanol–water partition coefficient (Wildman–Crippen LogP) is 1.21. The molecule has 0 saturated heterocycles. The van der Waals surface area contributed by atoms with Crippen molar-refractivity contribution in [2.24, 2.45) is 7.05 Å². The predicted molar refractivity (Wildman–Crippen MR) is 66.0 cm³/mol. The minimum Gasteiger partial charge on any atom is -0.319 e. The normalized spacial score (nSPS) is 12.6. The molecule has 2 rings (SSSR count). The lowest BCUT2D eigenvalue weighted by molar-refractivity contribution is 0.619. The summed E-state index contributed by atoms with van der Waals surface area (Å²) in [6, 6.07) is 7.72. The third-order valence-electron chi connectivity index (χ3n) is 2.52. The lowest BCUT2D eigenvalue weighted by Gasteiger charge is -2.12. The first-order chi connectivity index (χ1) is 8.20. The van der Waals surface area contributed by atoms with Crippen LogP contribution in [-0.4, -0.2) is 33.8 Å². The Balaban J connectivity index is 2.31. The van der Waals surface area contributed by atoms with Gasteiger partial charge in [-0.2, -0.15) is 4.80 Å². The zero-order valence-corrected chi connectivity index (χ0v) is 10.5. The quantitative estimate of drug-likeness (QED) is 0.888. The van der Waals surface area contributed by atoms with Crippen molar-refractivity contribution in [3.63, 3.8) is 0 Å². The van der Waals surface area contributed by atoms with Crippen molar-refractivity contribution in [1.29, 1.82) is 0 Å². The van der Waals surface area contributed by atoms with Gasteiger partial charge in [0.05, 0.1) is 13.0 Å². The number of tetrazole rings is 1.